The highest BCUT2D eigenvalue weighted by molar-refractivity contribution is 4.95. The maximum absolute atomic E-state index is 3.63. The first-order chi connectivity index (χ1) is 8.88. The summed E-state index contributed by atoms with van der Waals surface area (Å²) >= 11 is 0. The lowest BCUT2D eigenvalue weighted by atomic mass is 9.89. The van der Waals surface area contributed by atoms with Crippen LogP contribution in [0.3, 0.4) is 0 Å². The molecule has 3 fully saturated rings. The third-order valence-corrected chi connectivity index (χ3v) is 5.83. The first kappa shape index (κ1) is 12.9. The SMILES string of the molecule is CCC1CCCC(N2CCCC3CNCC32)CC1. The van der Waals surface area contributed by atoms with Crippen LogP contribution in [0.1, 0.15) is 58.3 Å². The molecule has 2 aliphatic heterocycles. The molecule has 0 amide bonds. The molecule has 104 valence electrons. The van der Waals surface area contributed by atoms with E-state index < -0.39 is 0 Å². The van der Waals surface area contributed by atoms with E-state index in [0.717, 1.165) is 23.9 Å². The van der Waals surface area contributed by atoms with E-state index in [-0.39, 0.29) is 0 Å². The second kappa shape index (κ2) is 5.92. The predicted octanol–water partition coefficient (Wildman–Crippen LogP) is 3.03. The number of nitrogens with zero attached hydrogens (tertiary/aromatic N) is 1. The van der Waals surface area contributed by atoms with Gasteiger partial charge in [0.1, 0.15) is 0 Å². The molecule has 1 aliphatic carbocycles. The highest BCUT2D eigenvalue weighted by Crippen LogP contribution is 2.34. The normalized spacial score (nSPS) is 42.5. The summed E-state index contributed by atoms with van der Waals surface area (Å²) in [5.41, 5.74) is 0. The topological polar surface area (TPSA) is 15.3 Å². The van der Waals surface area contributed by atoms with Crippen molar-refractivity contribution >= 4 is 0 Å². The van der Waals surface area contributed by atoms with Gasteiger partial charge < -0.3 is 5.32 Å². The van der Waals surface area contributed by atoms with Gasteiger partial charge in [0.25, 0.3) is 0 Å². The number of rotatable bonds is 2. The lowest BCUT2D eigenvalue weighted by Gasteiger charge is -2.42. The quantitative estimate of drug-likeness (QED) is 0.758. The van der Waals surface area contributed by atoms with Crippen molar-refractivity contribution in [1.29, 1.82) is 0 Å². The molecule has 0 aromatic heterocycles. The Balaban J connectivity index is 1.62. The van der Waals surface area contributed by atoms with Gasteiger partial charge in [-0.3, -0.25) is 4.90 Å². The van der Waals surface area contributed by atoms with Crippen molar-refractivity contribution in [3.05, 3.63) is 0 Å². The fraction of sp³-hybridized carbons (Fsp3) is 1.00. The van der Waals surface area contributed by atoms with Gasteiger partial charge in [0.05, 0.1) is 0 Å². The van der Waals surface area contributed by atoms with Gasteiger partial charge in [-0.2, -0.15) is 0 Å². The number of fused-ring (bicyclic) bond motifs is 1. The van der Waals surface area contributed by atoms with E-state index in [2.05, 4.69) is 17.1 Å². The van der Waals surface area contributed by atoms with Gasteiger partial charge in [0.15, 0.2) is 0 Å². The van der Waals surface area contributed by atoms with E-state index in [0.29, 0.717) is 0 Å². The van der Waals surface area contributed by atoms with Crippen LogP contribution >= 0.6 is 0 Å². The van der Waals surface area contributed by atoms with Crippen LogP contribution in [0.25, 0.3) is 0 Å². The maximum Gasteiger partial charge on any atom is 0.0263 e. The highest BCUT2D eigenvalue weighted by Gasteiger charge is 2.38. The van der Waals surface area contributed by atoms with Gasteiger partial charge in [0, 0.05) is 18.6 Å². The monoisotopic (exact) mass is 250 g/mol. The number of hydrogen-bond donors (Lipinski definition) is 1. The molecule has 1 N–H and O–H groups in total. The predicted molar refractivity (Wildman–Crippen MR) is 76.7 cm³/mol. The molecule has 0 spiro atoms. The van der Waals surface area contributed by atoms with Gasteiger partial charge >= 0.3 is 0 Å². The molecule has 2 heteroatoms. The standard InChI is InChI=1S/C16H30N2/c1-2-13-5-3-7-15(9-8-13)18-10-4-6-14-11-17-12-16(14)18/h13-17H,2-12H2,1H3. The molecule has 0 bridgehead atoms. The Bertz CT molecular complexity index is 266. The van der Waals surface area contributed by atoms with Crippen molar-refractivity contribution in [2.45, 2.75) is 70.4 Å². The van der Waals surface area contributed by atoms with Crippen LogP contribution in [0.4, 0.5) is 0 Å². The van der Waals surface area contributed by atoms with Crippen LogP contribution in [-0.4, -0.2) is 36.6 Å². The van der Waals surface area contributed by atoms with Crippen LogP contribution in [0.5, 0.6) is 0 Å². The second-order valence-corrected chi connectivity index (χ2v) is 6.80. The molecule has 3 rings (SSSR count). The summed E-state index contributed by atoms with van der Waals surface area (Å²) in [7, 11) is 0. The van der Waals surface area contributed by atoms with Crippen LogP contribution < -0.4 is 5.32 Å². The first-order valence-electron chi connectivity index (χ1n) is 8.35. The van der Waals surface area contributed by atoms with E-state index >= 15 is 0 Å². The summed E-state index contributed by atoms with van der Waals surface area (Å²) in [6.45, 7) is 6.30. The third-order valence-electron chi connectivity index (χ3n) is 5.83. The van der Waals surface area contributed by atoms with Crippen LogP contribution in [-0.2, 0) is 0 Å². The zero-order valence-electron chi connectivity index (χ0n) is 12.0. The van der Waals surface area contributed by atoms with Gasteiger partial charge in [-0.25, -0.2) is 0 Å². The number of nitrogens with one attached hydrogen (secondary N) is 1. The molecule has 4 atom stereocenters. The van der Waals surface area contributed by atoms with E-state index in [1.54, 1.807) is 0 Å². The van der Waals surface area contributed by atoms with Crippen LogP contribution in [0, 0.1) is 11.8 Å². The molecular formula is C16H30N2. The minimum atomic E-state index is 0.877. The summed E-state index contributed by atoms with van der Waals surface area (Å²) in [4.78, 5) is 2.91. The van der Waals surface area contributed by atoms with Crippen LogP contribution in [0.2, 0.25) is 0 Å². The molecule has 0 radical (unpaired) electrons. The summed E-state index contributed by atoms with van der Waals surface area (Å²) < 4.78 is 0. The maximum atomic E-state index is 3.63. The molecule has 0 aromatic rings. The minimum Gasteiger partial charge on any atom is -0.315 e. The zero-order valence-corrected chi connectivity index (χ0v) is 12.0. The van der Waals surface area contributed by atoms with Gasteiger partial charge in [-0.15, -0.1) is 0 Å². The third kappa shape index (κ3) is 2.60. The lowest BCUT2D eigenvalue weighted by molar-refractivity contribution is 0.0687. The molecule has 1 saturated carbocycles. The largest absolute Gasteiger partial charge is 0.315 e. The Hall–Kier alpha value is -0.0800. The average Bonchev–Trinajstić information content (AvgIpc) is 2.76. The van der Waals surface area contributed by atoms with Crippen molar-refractivity contribution in [3.8, 4) is 0 Å². The fourth-order valence-corrected chi connectivity index (χ4v) is 4.66. The summed E-state index contributed by atoms with van der Waals surface area (Å²) in [6.07, 6.45) is 11.7. The van der Waals surface area contributed by atoms with Crippen molar-refractivity contribution < 1.29 is 0 Å². The van der Waals surface area contributed by atoms with Gasteiger partial charge in [-0.05, 0) is 57.0 Å². The van der Waals surface area contributed by atoms with Crippen molar-refractivity contribution in [2.75, 3.05) is 19.6 Å². The minimum absolute atomic E-state index is 0.877. The van der Waals surface area contributed by atoms with Gasteiger partial charge in [0.2, 0.25) is 0 Å². The Kier molecular flexibility index (Phi) is 4.25. The number of piperidine rings is 1. The van der Waals surface area contributed by atoms with E-state index in [1.807, 2.05) is 0 Å². The highest BCUT2D eigenvalue weighted by atomic mass is 15.2. The molecule has 2 saturated heterocycles. The first-order valence-corrected chi connectivity index (χ1v) is 8.35. The average molecular weight is 250 g/mol. The molecule has 3 aliphatic rings. The fourth-order valence-electron chi connectivity index (χ4n) is 4.66. The molecule has 4 unspecified atom stereocenters. The Morgan fingerprint density at radius 1 is 1.00 bits per heavy atom. The Labute approximate surface area is 113 Å². The molecule has 18 heavy (non-hydrogen) atoms. The van der Waals surface area contributed by atoms with Crippen molar-refractivity contribution in [3.63, 3.8) is 0 Å². The van der Waals surface area contributed by atoms with E-state index in [9.17, 15) is 0 Å². The van der Waals surface area contributed by atoms with Crippen molar-refractivity contribution in [2.24, 2.45) is 11.8 Å². The summed E-state index contributed by atoms with van der Waals surface area (Å²) in [5.74, 6) is 1.99. The summed E-state index contributed by atoms with van der Waals surface area (Å²) in [5, 5.41) is 3.63. The van der Waals surface area contributed by atoms with Crippen LogP contribution in [0.15, 0.2) is 0 Å². The number of hydrogen-bond acceptors (Lipinski definition) is 2. The number of likely N-dealkylation sites (tertiary alicyclic amines) is 1. The van der Waals surface area contributed by atoms with Crippen molar-refractivity contribution in [1.82, 2.24) is 10.2 Å². The zero-order chi connectivity index (χ0) is 12.4. The Morgan fingerprint density at radius 2 is 1.94 bits per heavy atom. The van der Waals surface area contributed by atoms with Gasteiger partial charge in [-0.1, -0.05) is 26.2 Å². The molecule has 0 aromatic carbocycles. The van der Waals surface area contributed by atoms with E-state index in [1.165, 1.54) is 71.0 Å². The lowest BCUT2D eigenvalue weighted by Crippen LogP contribution is -2.50. The second-order valence-electron chi connectivity index (χ2n) is 6.80. The molecule has 2 nitrogen and oxygen atoms in total. The molecule has 2 heterocycles. The smallest absolute Gasteiger partial charge is 0.0263 e. The summed E-state index contributed by atoms with van der Waals surface area (Å²) in [6, 6.07) is 1.79. The van der Waals surface area contributed by atoms with E-state index in [4.69, 9.17) is 0 Å². The Morgan fingerprint density at radius 3 is 2.83 bits per heavy atom. The molecular weight excluding hydrogens is 220 g/mol.